The molecule has 0 radical (unpaired) electrons. The molecule has 0 unspecified atom stereocenters. The zero-order valence-electron chi connectivity index (χ0n) is 10.1. The fourth-order valence-corrected chi connectivity index (χ4v) is 2.22. The van der Waals surface area contributed by atoms with E-state index in [-0.39, 0.29) is 17.4 Å². The van der Waals surface area contributed by atoms with E-state index in [0.29, 0.717) is 12.0 Å². The van der Waals surface area contributed by atoms with Gasteiger partial charge in [0.2, 0.25) is 11.7 Å². The zero-order chi connectivity index (χ0) is 13.6. The molecule has 0 spiro atoms. The highest BCUT2D eigenvalue weighted by molar-refractivity contribution is 6.01. The predicted octanol–water partition coefficient (Wildman–Crippen LogP) is 1.56. The van der Waals surface area contributed by atoms with Crippen LogP contribution in [0.2, 0.25) is 0 Å². The first-order valence-electron chi connectivity index (χ1n) is 5.64. The minimum absolute atomic E-state index is 0.0192. The number of nitrogens with zero attached hydrogens (tertiary/aromatic N) is 2. The monoisotopic (exact) mass is 258 g/mol. The number of rotatable bonds is 2. The van der Waals surface area contributed by atoms with E-state index >= 15 is 0 Å². The van der Waals surface area contributed by atoms with Crippen molar-refractivity contribution in [2.24, 2.45) is 0 Å². The molecule has 19 heavy (non-hydrogen) atoms. The largest absolute Gasteiger partial charge is 0.475 e. The lowest BCUT2D eigenvalue weighted by molar-refractivity contribution is -0.117. The number of carbonyl (C=O) groups is 2. The minimum Gasteiger partial charge on any atom is -0.475 e. The third kappa shape index (κ3) is 1.69. The predicted molar refractivity (Wildman–Crippen MR) is 66.0 cm³/mol. The third-order valence-electron chi connectivity index (χ3n) is 3.19. The van der Waals surface area contributed by atoms with Crippen LogP contribution < -0.4 is 4.90 Å². The van der Waals surface area contributed by atoms with Crippen LogP contribution in [0.5, 0.6) is 0 Å². The summed E-state index contributed by atoms with van der Waals surface area (Å²) < 4.78 is 4.85. The molecule has 3 rings (SSSR count). The van der Waals surface area contributed by atoms with Gasteiger partial charge in [0, 0.05) is 18.3 Å². The first-order chi connectivity index (χ1) is 9.08. The Labute approximate surface area is 108 Å². The van der Waals surface area contributed by atoms with Gasteiger partial charge in [-0.3, -0.25) is 4.79 Å². The molecule has 6 heteroatoms. The second-order valence-electron chi connectivity index (χ2n) is 4.31. The average Bonchev–Trinajstić information content (AvgIpc) is 2.95. The van der Waals surface area contributed by atoms with E-state index in [1.54, 1.807) is 30.1 Å². The van der Waals surface area contributed by atoms with Gasteiger partial charge < -0.3 is 14.4 Å². The summed E-state index contributed by atoms with van der Waals surface area (Å²) in [6, 6.07) is 5.30. The topological polar surface area (TPSA) is 83.6 Å². The van der Waals surface area contributed by atoms with Crippen LogP contribution in [0, 0.1) is 0 Å². The van der Waals surface area contributed by atoms with Gasteiger partial charge >= 0.3 is 5.97 Å². The van der Waals surface area contributed by atoms with Crippen molar-refractivity contribution in [1.82, 2.24) is 4.98 Å². The van der Waals surface area contributed by atoms with Crippen molar-refractivity contribution in [3.05, 3.63) is 35.9 Å². The molecule has 0 saturated carbocycles. The van der Waals surface area contributed by atoms with E-state index in [9.17, 15) is 9.59 Å². The molecule has 96 valence electrons. The first-order valence-corrected chi connectivity index (χ1v) is 5.64. The molecule has 1 N–H and O–H groups in total. The van der Waals surface area contributed by atoms with Crippen molar-refractivity contribution < 1.29 is 19.1 Å². The van der Waals surface area contributed by atoms with E-state index in [1.807, 2.05) is 0 Å². The third-order valence-corrected chi connectivity index (χ3v) is 3.19. The molecule has 0 fully saturated rings. The summed E-state index contributed by atoms with van der Waals surface area (Å²) >= 11 is 0. The Balaban J connectivity index is 2.09. The van der Waals surface area contributed by atoms with Gasteiger partial charge in [0.1, 0.15) is 5.69 Å². The van der Waals surface area contributed by atoms with Gasteiger partial charge in [-0.1, -0.05) is 6.07 Å². The minimum atomic E-state index is -1.17. The number of aromatic nitrogens is 1. The Hall–Kier alpha value is -2.63. The summed E-state index contributed by atoms with van der Waals surface area (Å²) in [6.07, 6.45) is 1.42. The number of amides is 1. The maximum atomic E-state index is 11.6. The highest BCUT2D eigenvalue weighted by Gasteiger charge is 2.25. The summed E-state index contributed by atoms with van der Waals surface area (Å²) in [4.78, 5) is 28.1. The number of carboxylic acid groups (broad SMARTS) is 1. The van der Waals surface area contributed by atoms with Gasteiger partial charge in [0.05, 0.1) is 6.42 Å². The number of aromatic carboxylic acids is 1. The number of carboxylic acids is 1. The average molecular weight is 258 g/mol. The van der Waals surface area contributed by atoms with Crippen LogP contribution in [0.3, 0.4) is 0 Å². The molecule has 1 aromatic heterocycles. The number of benzene rings is 1. The lowest BCUT2D eigenvalue weighted by Gasteiger charge is -2.10. The Kier molecular flexibility index (Phi) is 2.38. The summed E-state index contributed by atoms with van der Waals surface area (Å²) in [6.45, 7) is 0. The Morgan fingerprint density at radius 2 is 2.26 bits per heavy atom. The van der Waals surface area contributed by atoms with Crippen LogP contribution in [0.1, 0.15) is 16.1 Å². The number of anilines is 1. The van der Waals surface area contributed by atoms with Crippen molar-refractivity contribution in [2.45, 2.75) is 6.42 Å². The van der Waals surface area contributed by atoms with Crippen molar-refractivity contribution in [3.8, 4) is 11.3 Å². The van der Waals surface area contributed by atoms with Crippen molar-refractivity contribution in [1.29, 1.82) is 0 Å². The Bertz CT molecular complexity index is 690. The van der Waals surface area contributed by atoms with Gasteiger partial charge in [-0.25, -0.2) is 9.78 Å². The highest BCUT2D eigenvalue weighted by atomic mass is 16.4. The molecular formula is C13H10N2O4. The molecule has 1 aliphatic heterocycles. The van der Waals surface area contributed by atoms with E-state index in [0.717, 1.165) is 17.6 Å². The van der Waals surface area contributed by atoms with Crippen LogP contribution >= 0.6 is 0 Å². The maximum Gasteiger partial charge on any atom is 0.374 e. The second kappa shape index (κ2) is 3.94. The lowest BCUT2D eigenvalue weighted by atomic mass is 10.0. The molecule has 0 bridgehead atoms. The van der Waals surface area contributed by atoms with Crippen LogP contribution in [0.15, 0.2) is 29.0 Å². The standard InChI is InChI=1S/C13H10N2O4/c1-15-9-3-2-7(4-8(9)5-10(15)16)11-12(13(17)18)19-6-14-11/h2-4,6H,5H2,1H3,(H,17,18). The van der Waals surface area contributed by atoms with Crippen molar-refractivity contribution in [2.75, 3.05) is 11.9 Å². The molecule has 1 aromatic carbocycles. The fraction of sp³-hybridized carbons (Fsp3) is 0.154. The number of oxazole rings is 1. The zero-order valence-corrected chi connectivity index (χ0v) is 10.1. The highest BCUT2D eigenvalue weighted by Crippen LogP contribution is 2.32. The van der Waals surface area contributed by atoms with Crippen LogP contribution in [-0.4, -0.2) is 29.0 Å². The molecule has 0 saturated heterocycles. The second-order valence-corrected chi connectivity index (χ2v) is 4.31. The van der Waals surface area contributed by atoms with Gasteiger partial charge in [0.15, 0.2) is 6.39 Å². The van der Waals surface area contributed by atoms with Crippen molar-refractivity contribution in [3.63, 3.8) is 0 Å². The van der Waals surface area contributed by atoms with Gasteiger partial charge in [-0.15, -0.1) is 0 Å². The lowest BCUT2D eigenvalue weighted by Crippen LogP contribution is -2.20. The number of fused-ring (bicyclic) bond motifs is 1. The number of hydrogen-bond acceptors (Lipinski definition) is 4. The van der Waals surface area contributed by atoms with Crippen LogP contribution in [0.25, 0.3) is 11.3 Å². The van der Waals surface area contributed by atoms with E-state index < -0.39 is 5.97 Å². The SMILES string of the molecule is CN1C(=O)Cc2cc(-c3ncoc3C(=O)O)ccc21. The quantitative estimate of drug-likeness (QED) is 0.883. The van der Waals surface area contributed by atoms with E-state index in [4.69, 9.17) is 9.52 Å². The van der Waals surface area contributed by atoms with Crippen LogP contribution in [0.4, 0.5) is 5.69 Å². The van der Waals surface area contributed by atoms with Gasteiger partial charge in [0.25, 0.3) is 0 Å². The van der Waals surface area contributed by atoms with Gasteiger partial charge in [-0.05, 0) is 17.7 Å². The molecule has 6 nitrogen and oxygen atoms in total. The Morgan fingerprint density at radius 3 is 3.00 bits per heavy atom. The fourth-order valence-electron chi connectivity index (χ4n) is 2.22. The normalized spacial score (nSPS) is 13.7. The van der Waals surface area contributed by atoms with E-state index in [1.165, 1.54) is 0 Å². The number of hydrogen-bond donors (Lipinski definition) is 1. The molecular weight excluding hydrogens is 248 g/mol. The van der Waals surface area contributed by atoms with Crippen molar-refractivity contribution >= 4 is 17.6 Å². The number of carbonyl (C=O) groups excluding carboxylic acids is 1. The molecule has 1 aliphatic rings. The Morgan fingerprint density at radius 1 is 1.47 bits per heavy atom. The summed E-state index contributed by atoms with van der Waals surface area (Å²) in [5.41, 5.74) is 2.61. The molecule has 0 aliphatic carbocycles. The molecule has 2 aromatic rings. The molecule has 1 amide bonds. The maximum absolute atomic E-state index is 11.6. The number of likely N-dealkylation sites (N-methyl/N-ethyl adjacent to an activating group) is 1. The summed E-state index contributed by atoms with van der Waals surface area (Å²) in [7, 11) is 1.71. The smallest absolute Gasteiger partial charge is 0.374 e. The molecule has 0 atom stereocenters. The van der Waals surface area contributed by atoms with E-state index in [2.05, 4.69) is 4.98 Å². The van der Waals surface area contributed by atoms with Crippen LogP contribution in [-0.2, 0) is 11.2 Å². The summed E-state index contributed by atoms with van der Waals surface area (Å²) in [5, 5.41) is 9.00. The first kappa shape index (κ1) is 11.5. The van der Waals surface area contributed by atoms with Gasteiger partial charge in [-0.2, -0.15) is 0 Å². The molecule has 2 heterocycles. The summed E-state index contributed by atoms with van der Waals surface area (Å²) in [5.74, 6) is -1.34.